The Bertz CT molecular complexity index is 3760. The van der Waals surface area contributed by atoms with E-state index in [0.717, 1.165) is 59.8 Å². The number of aromatic nitrogens is 3. The molecule has 0 amide bonds. The molecule has 0 aliphatic carbocycles. The van der Waals surface area contributed by atoms with Crippen LogP contribution in [0, 0.1) is 0 Å². The second-order valence-electron chi connectivity index (χ2n) is 14.5. The zero-order valence-corrected chi connectivity index (χ0v) is 30.1. The zero-order chi connectivity index (χ0) is 35.8. The molecular formula is C50H27N3OS. The number of hydrogen-bond donors (Lipinski definition) is 0. The van der Waals surface area contributed by atoms with E-state index in [2.05, 4.69) is 156 Å². The van der Waals surface area contributed by atoms with Crippen molar-refractivity contribution in [2.45, 2.75) is 0 Å². The van der Waals surface area contributed by atoms with Crippen LogP contribution < -0.4 is 0 Å². The molecule has 13 rings (SSSR count). The van der Waals surface area contributed by atoms with Gasteiger partial charge in [-0.3, -0.25) is 4.57 Å². The van der Waals surface area contributed by atoms with Crippen LogP contribution in [0.3, 0.4) is 0 Å². The minimum Gasteiger partial charge on any atom is -0.456 e. The van der Waals surface area contributed by atoms with E-state index in [1.165, 1.54) is 58.6 Å². The summed E-state index contributed by atoms with van der Waals surface area (Å²) in [5.74, 6) is 0.652. The van der Waals surface area contributed by atoms with Crippen molar-refractivity contribution in [2.24, 2.45) is 0 Å². The molecule has 13 aromatic rings. The summed E-state index contributed by atoms with van der Waals surface area (Å²) in [6.45, 7) is 0. The molecule has 0 bridgehead atoms. The van der Waals surface area contributed by atoms with Crippen LogP contribution in [0.4, 0.5) is 0 Å². The third-order valence-corrected chi connectivity index (χ3v) is 12.7. The van der Waals surface area contributed by atoms with Crippen molar-refractivity contribution in [2.75, 3.05) is 0 Å². The number of fused-ring (bicyclic) bond motifs is 18. The van der Waals surface area contributed by atoms with E-state index in [1.54, 1.807) is 11.3 Å². The van der Waals surface area contributed by atoms with Crippen LogP contribution in [0.5, 0.6) is 0 Å². The second kappa shape index (κ2) is 10.8. The van der Waals surface area contributed by atoms with Crippen molar-refractivity contribution in [3.63, 3.8) is 0 Å². The van der Waals surface area contributed by atoms with Crippen molar-refractivity contribution in [1.82, 2.24) is 14.5 Å². The quantitative estimate of drug-likeness (QED) is 0.167. The number of thiophene rings is 1. The third kappa shape index (κ3) is 3.94. The van der Waals surface area contributed by atoms with Gasteiger partial charge in [0.1, 0.15) is 16.0 Å². The Morgan fingerprint density at radius 1 is 0.436 bits per heavy atom. The SMILES string of the molecule is c1ccc2c(c1)ccc1c3c4c5ccccc5c5ccccc5c4ccc3n(-c3nc(-c4ccc5c(c4)oc4ccccc45)c4c(n3)sc3ccccc34)c21. The van der Waals surface area contributed by atoms with Crippen molar-refractivity contribution in [1.29, 1.82) is 0 Å². The molecule has 55 heavy (non-hydrogen) atoms. The molecule has 0 atom stereocenters. The first-order valence-corrected chi connectivity index (χ1v) is 19.4. The van der Waals surface area contributed by atoms with Gasteiger partial charge in [0.15, 0.2) is 0 Å². The molecule has 0 N–H and O–H groups in total. The van der Waals surface area contributed by atoms with Gasteiger partial charge in [-0.15, -0.1) is 11.3 Å². The molecule has 4 aromatic heterocycles. The summed E-state index contributed by atoms with van der Waals surface area (Å²) in [6, 6.07) is 58.8. The van der Waals surface area contributed by atoms with E-state index < -0.39 is 0 Å². The smallest absolute Gasteiger partial charge is 0.236 e. The van der Waals surface area contributed by atoms with Gasteiger partial charge in [-0.05, 0) is 62.6 Å². The van der Waals surface area contributed by atoms with Crippen LogP contribution in [0.25, 0.3) is 124 Å². The highest BCUT2D eigenvalue weighted by Gasteiger charge is 2.24. The number of rotatable bonds is 2. The van der Waals surface area contributed by atoms with Crippen molar-refractivity contribution in [3.8, 4) is 17.2 Å². The maximum atomic E-state index is 6.42. The van der Waals surface area contributed by atoms with Gasteiger partial charge in [0.2, 0.25) is 5.95 Å². The Labute approximate surface area is 317 Å². The fourth-order valence-electron chi connectivity index (χ4n) is 9.26. The fourth-order valence-corrected chi connectivity index (χ4v) is 10.3. The molecule has 4 nitrogen and oxygen atoms in total. The molecule has 0 saturated heterocycles. The first-order valence-electron chi connectivity index (χ1n) is 18.6. The number of hydrogen-bond acceptors (Lipinski definition) is 4. The van der Waals surface area contributed by atoms with Gasteiger partial charge in [0.05, 0.1) is 16.7 Å². The lowest BCUT2D eigenvalue weighted by molar-refractivity contribution is 0.669. The van der Waals surface area contributed by atoms with E-state index in [9.17, 15) is 0 Å². The van der Waals surface area contributed by atoms with Gasteiger partial charge >= 0.3 is 0 Å². The lowest BCUT2D eigenvalue weighted by Gasteiger charge is -2.13. The molecule has 0 aliphatic heterocycles. The Balaban J connectivity index is 1.21. The Kier molecular flexibility index (Phi) is 5.74. The Morgan fingerprint density at radius 3 is 1.89 bits per heavy atom. The third-order valence-electron chi connectivity index (χ3n) is 11.6. The monoisotopic (exact) mass is 717 g/mol. The average molecular weight is 718 g/mol. The van der Waals surface area contributed by atoms with Gasteiger partial charge in [-0.25, -0.2) is 9.97 Å². The topological polar surface area (TPSA) is 43.9 Å². The molecular weight excluding hydrogens is 691 g/mol. The van der Waals surface area contributed by atoms with Crippen molar-refractivity contribution >= 4 is 118 Å². The maximum absolute atomic E-state index is 6.42. The molecule has 0 aliphatic rings. The first kappa shape index (κ1) is 29.4. The number of nitrogens with zero attached hydrogens (tertiary/aromatic N) is 3. The van der Waals surface area contributed by atoms with Gasteiger partial charge in [-0.2, -0.15) is 0 Å². The second-order valence-corrected chi connectivity index (χ2v) is 15.5. The molecule has 0 unspecified atom stereocenters. The molecule has 0 fully saturated rings. The number of furan rings is 1. The van der Waals surface area contributed by atoms with Crippen LogP contribution in [-0.4, -0.2) is 14.5 Å². The van der Waals surface area contributed by atoms with Gasteiger partial charge < -0.3 is 4.42 Å². The summed E-state index contributed by atoms with van der Waals surface area (Å²) in [6.07, 6.45) is 0. The zero-order valence-electron chi connectivity index (χ0n) is 29.2. The summed E-state index contributed by atoms with van der Waals surface area (Å²) in [7, 11) is 0. The molecule has 5 heteroatoms. The summed E-state index contributed by atoms with van der Waals surface area (Å²) in [4.78, 5) is 12.1. The summed E-state index contributed by atoms with van der Waals surface area (Å²) in [5, 5.41) is 16.7. The van der Waals surface area contributed by atoms with Crippen LogP contribution >= 0.6 is 11.3 Å². The molecule has 9 aromatic carbocycles. The largest absolute Gasteiger partial charge is 0.456 e. The van der Waals surface area contributed by atoms with E-state index in [-0.39, 0.29) is 0 Å². The fraction of sp³-hybridized carbons (Fsp3) is 0. The van der Waals surface area contributed by atoms with E-state index >= 15 is 0 Å². The normalized spacial score (nSPS) is 12.4. The minimum atomic E-state index is 0.652. The highest BCUT2D eigenvalue weighted by atomic mass is 32.1. The minimum absolute atomic E-state index is 0.652. The maximum Gasteiger partial charge on any atom is 0.236 e. The summed E-state index contributed by atoms with van der Waals surface area (Å²) >= 11 is 1.72. The van der Waals surface area contributed by atoms with Gasteiger partial charge in [0, 0.05) is 53.4 Å². The average Bonchev–Trinajstić information content (AvgIpc) is 3.92. The molecule has 254 valence electrons. The summed E-state index contributed by atoms with van der Waals surface area (Å²) < 4.78 is 9.93. The lowest BCUT2D eigenvalue weighted by Crippen LogP contribution is -2.03. The van der Waals surface area contributed by atoms with Crippen LogP contribution in [0.1, 0.15) is 0 Å². The van der Waals surface area contributed by atoms with Crippen LogP contribution in [-0.2, 0) is 0 Å². The Hall–Kier alpha value is -7.08. The predicted molar refractivity (Wildman–Crippen MR) is 232 cm³/mol. The summed E-state index contributed by atoms with van der Waals surface area (Å²) in [5.41, 5.74) is 5.81. The highest BCUT2D eigenvalue weighted by molar-refractivity contribution is 7.25. The molecule has 0 saturated carbocycles. The first-order chi connectivity index (χ1) is 27.3. The Morgan fingerprint density at radius 2 is 1.05 bits per heavy atom. The van der Waals surface area contributed by atoms with Crippen LogP contribution in [0.2, 0.25) is 0 Å². The lowest BCUT2D eigenvalue weighted by atomic mass is 9.91. The molecule has 0 radical (unpaired) electrons. The van der Waals surface area contributed by atoms with Gasteiger partial charge in [0.25, 0.3) is 0 Å². The van der Waals surface area contributed by atoms with E-state index in [4.69, 9.17) is 14.4 Å². The van der Waals surface area contributed by atoms with Gasteiger partial charge in [-0.1, -0.05) is 133 Å². The van der Waals surface area contributed by atoms with Crippen molar-refractivity contribution < 1.29 is 4.42 Å². The molecule has 0 spiro atoms. The molecule has 4 heterocycles. The highest BCUT2D eigenvalue weighted by Crippen LogP contribution is 2.46. The standard InChI is InChI=1S/C50H27N3OS/c1-2-12-30-28(11-1)21-24-39-45-40(26-25-37-33-15-4-3-13-31(33)32-14-5-6-17-36(32)44(37)45)53(48(30)39)50-51-47(46-38-18-8-10-20-43(38)55-49(46)52-50)29-22-23-35-34-16-7-9-19-41(34)54-42(35)27-29/h1-27H. The van der Waals surface area contributed by atoms with E-state index in [1.807, 2.05) is 12.1 Å². The number of para-hydroxylation sites is 1. The number of benzene rings is 9. The van der Waals surface area contributed by atoms with Crippen molar-refractivity contribution in [3.05, 3.63) is 164 Å². The predicted octanol–water partition coefficient (Wildman–Crippen LogP) is 14.1. The van der Waals surface area contributed by atoms with E-state index in [0.29, 0.717) is 5.95 Å². The van der Waals surface area contributed by atoms with Crippen LogP contribution in [0.15, 0.2) is 168 Å².